The summed E-state index contributed by atoms with van der Waals surface area (Å²) in [6.45, 7) is 1.27. The van der Waals surface area contributed by atoms with Gasteiger partial charge in [-0.15, -0.1) is 0 Å². The van der Waals surface area contributed by atoms with Crippen LogP contribution in [0.4, 0.5) is 4.39 Å². The minimum absolute atomic E-state index is 0.191. The molecule has 26 heavy (non-hydrogen) atoms. The van der Waals surface area contributed by atoms with Crippen molar-refractivity contribution < 1.29 is 19.0 Å². The predicted octanol–water partition coefficient (Wildman–Crippen LogP) is 4.48. The van der Waals surface area contributed by atoms with E-state index in [-0.39, 0.29) is 17.8 Å². The fourth-order valence-electron chi connectivity index (χ4n) is 3.56. The van der Waals surface area contributed by atoms with E-state index < -0.39 is 5.97 Å². The lowest BCUT2D eigenvalue weighted by Gasteiger charge is -2.37. The Morgan fingerprint density at radius 3 is 2.46 bits per heavy atom. The first-order chi connectivity index (χ1) is 12.5. The summed E-state index contributed by atoms with van der Waals surface area (Å²) in [6.07, 6.45) is 1.17. The third kappa shape index (κ3) is 4.07. The van der Waals surface area contributed by atoms with Crippen molar-refractivity contribution in [2.45, 2.75) is 18.9 Å². The summed E-state index contributed by atoms with van der Waals surface area (Å²) in [5.74, 6) is -0.748. The van der Waals surface area contributed by atoms with Crippen molar-refractivity contribution in [3.63, 3.8) is 0 Å². The van der Waals surface area contributed by atoms with Crippen LogP contribution in [0.15, 0.2) is 46.9 Å². The SMILES string of the molecule is COc1ccc(F)cc1C(c1ccc(Br)cc1)N1CCC(C(=O)O)CC1. The van der Waals surface area contributed by atoms with Gasteiger partial charge in [0.15, 0.2) is 0 Å². The molecule has 0 aliphatic carbocycles. The van der Waals surface area contributed by atoms with E-state index in [0.717, 1.165) is 15.6 Å². The van der Waals surface area contributed by atoms with E-state index in [4.69, 9.17) is 4.74 Å². The number of rotatable bonds is 5. The maximum absolute atomic E-state index is 14.0. The van der Waals surface area contributed by atoms with Crippen LogP contribution in [0, 0.1) is 11.7 Å². The molecule has 0 spiro atoms. The lowest BCUT2D eigenvalue weighted by atomic mass is 9.91. The summed E-state index contributed by atoms with van der Waals surface area (Å²) < 4.78 is 20.4. The van der Waals surface area contributed by atoms with Crippen LogP contribution < -0.4 is 4.74 Å². The van der Waals surface area contributed by atoms with Crippen molar-refractivity contribution in [3.8, 4) is 5.75 Å². The Kier molecular flexibility index (Phi) is 5.94. The average molecular weight is 422 g/mol. The second-order valence-electron chi connectivity index (χ2n) is 6.49. The van der Waals surface area contributed by atoms with Gasteiger partial charge in [-0.25, -0.2) is 4.39 Å². The van der Waals surface area contributed by atoms with Crippen LogP contribution in [0.2, 0.25) is 0 Å². The molecule has 1 N–H and O–H groups in total. The normalized spacial score (nSPS) is 17.0. The molecule has 0 saturated carbocycles. The van der Waals surface area contributed by atoms with Gasteiger partial charge in [0.2, 0.25) is 0 Å². The number of methoxy groups -OCH3 is 1. The minimum Gasteiger partial charge on any atom is -0.496 e. The third-order valence-electron chi connectivity index (χ3n) is 4.92. The van der Waals surface area contributed by atoms with Gasteiger partial charge in [-0.1, -0.05) is 28.1 Å². The van der Waals surface area contributed by atoms with Crippen LogP contribution in [0.5, 0.6) is 5.75 Å². The average Bonchev–Trinajstić information content (AvgIpc) is 2.64. The second kappa shape index (κ2) is 8.18. The number of carbonyl (C=O) groups is 1. The third-order valence-corrected chi connectivity index (χ3v) is 5.44. The van der Waals surface area contributed by atoms with Gasteiger partial charge in [0.05, 0.1) is 19.1 Å². The zero-order valence-corrected chi connectivity index (χ0v) is 16.1. The Hall–Kier alpha value is -1.92. The molecule has 0 amide bonds. The zero-order valence-electron chi connectivity index (χ0n) is 14.5. The number of ether oxygens (including phenoxy) is 1. The van der Waals surface area contributed by atoms with E-state index in [9.17, 15) is 14.3 Å². The van der Waals surface area contributed by atoms with Crippen molar-refractivity contribution in [3.05, 3.63) is 63.9 Å². The molecule has 2 aromatic rings. The molecule has 0 aromatic heterocycles. The molecular formula is C20H21BrFNO3. The Morgan fingerprint density at radius 2 is 1.88 bits per heavy atom. The fraction of sp³-hybridized carbons (Fsp3) is 0.350. The number of halogens is 2. The quantitative estimate of drug-likeness (QED) is 0.772. The standard InChI is InChI=1S/C20H21BrFNO3/c1-26-18-7-6-16(22)12-17(18)19(13-2-4-15(21)5-3-13)23-10-8-14(9-11-23)20(24)25/h2-7,12,14,19H,8-11H2,1H3,(H,24,25). The first-order valence-corrected chi connectivity index (χ1v) is 9.34. The molecule has 3 rings (SSSR count). The van der Waals surface area contributed by atoms with Gasteiger partial charge in [-0.2, -0.15) is 0 Å². The van der Waals surface area contributed by atoms with Gasteiger partial charge in [0.25, 0.3) is 0 Å². The molecule has 2 aromatic carbocycles. The highest BCUT2D eigenvalue weighted by Gasteiger charge is 2.31. The molecule has 0 radical (unpaired) electrons. The van der Waals surface area contributed by atoms with E-state index in [2.05, 4.69) is 20.8 Å². The van der Waals surface area contributed by atoms with Crippen LogP contribution in [0.25, 0.3) is 0 Å². The fourth-order valence-corrected chi connectivity index (χ4v) is 3.82. The summed E-state index contributed by atoms with van der Waals surface area (Å²) in [6, 6.07) is 12.3. The Bertz CT molecular complexity index is 773. The van der Waals surface area contributed by atoms with Crippen molar-refractivity contribution in [1.29, 1.82) is 0 Å². The zero-order chi connectivity index (χ0) is 18.7. The Balaban J connectivity index is 1.99. The largest absolute Gasteiger partial charge is 0.496 e. The molecule has 6 heteroatoms. The van der Waals surface area contributed by atoms with Gasteiger partial charge in [0.1, 0.15) is 11.6 Å². The molecule has 138 valence electrons. The molecule has 1 aliphatic heterocycles. The summed E-state index contributed by atoms with van der Waals surface area (Å²) in [5, 5.41) is 9.25. The van der Waals surface area contributed by atoms with Crippen LogP contribution >= 0.6 is 15.9 Å². The van der Waals surface area contributed by atoms with Gasteiger partial charge >= 0.3 is 5.97 Å². The molecular weight excluding hydrogens is 401 g/mol. The maximum Gasteiger partial charge on any atom is 0.306 e. The van der Waals surface area contributed by atoms with Crippen LogP contribution in [-0.2, 0) is 4.79 Å². The highest BCUT2D eigenvalue weighted by molar-refractivity contribution is 9.10. The van der Waals surface area contributed by atoms with Crippen LogP contribution in [0.1, 0.15) is 30.0 Å². The van der Waals surface area contributed by atoms with Crippen molar-refractivity contribution >= 4 is 21.9 Å². The van der Waals surface area contributed by atoms with Gasteiger partial charge in [-0.05, 0) is 61.8 Å². The van der Waals surface area contributed by atoms with E-state index in [1.807, 2.05) is 24.3 Å². The molecule has 1 unspecified atom stereocenters. The lowest BCUT2D eigenvalue weighted by molar-refractivity contribution is -0.143. The number of likely N-dealkylation sites (tertiary alicyclic amines) is 1. The van der Waals surface area contributed by atoms with E-state index >= 15 is 0 Å². The van der Waals surface area contributed by atoms with Gasteiger partial charge in [0, 0.05) is 10.0 Å². The number of hydrogen-bond donors (Lipinski definition) is 1. The summed E-state index contributed by atoms with van der Waals surface area (Å²) in [4.78, 5) is 13.5. The smallest absolute Gasteiger partial charge is 0.306 e. The Labute approximate surface area is 160 Å². The number of piperidine rings is 1. The minimum atomic E-state index is -0.742. The second-order valence-corrected chi connectivity index (χ2v) is 7.40. The molecule has 1 atom stereocenters. The Morgan fingerprint density at radius 1 is 1.23 bits per heavy atom. The molecule has 0 bridgehead atoms. The first kappa shape index (κ1) is 18.9. The number of hydrogen-bond acceptors (Lipinski definition) is 3. The van der Waals surface area contributed by atoms with Gasteiger partial charge in [-0.3, -0.25) is 9.69 Å². The van der Waals surface area contributed by atoms with Crippen LogP contribution in [-0.4, -0.2) is 36.2 Å². The highest BCUT2D eigenvalue weighted by Crippen LogP contribution is 2.37. The van der Waals surface area contributed by atoms with Gasteiger partial charge < -0.3 is 9.84 Å². The number of carboxylic acids is 1. The van der Waals surface area contributed by atoms with E-state index in [1.54, 1.807) is 13.2 Å². The summed E-state index contributed by atoms with van der Waals surface area (Å²) >= 11 is 3.45. The molecule has 1 saturated heterocycles. The first-order valence-electron chi connectivity index (χ1n) is 8.55. The molecule has 1 fully saturated rings. The highest BCUT2D eigenvalue weighted by atomic mass is 79.9. The molecule has 1 heterocycles. The topological polar surface area (TPSA) is 49.8 Å². The molecule has 1 aliphatic rings. The van der Waals surface area contributed by atoms with Crippen molar-refractivity contribution in [2.24, 2.45) is 5.92 Å². The summed E-state index contributed by atoms with van der Waals surface area (Å²) in [5.41, 5.74) is 1.77. The van der Waals surface area contributed by atoms with Crippen molar-refractivity contribution in [2.75, 3.05) is 20.2 Å². The summed E-state index contributed by atoms with van der Waals surface area (Å²) in [7, 11) is 1.58. The van der Waals surface area contributed by atoms with Crippen LogP contribution in [0.3, 0.4) is 0 Å². The monoisotopic (exact) mass is 421 g/mol. The number of benzene rings is 2. The number of aliphatic carboxylic acids is 1. The maximum atomic E-state index is 14.0. The van der Waals surface area contributed by atoms with E-state index in [1.165, 1.54) is 12.1 Å². The number of carboxylic acid groups (broad SMARTS) is 1. The van der Waals surface area contributed by atoms with E-state index in [0.29, 0.717) is 31.7 Å². The molecule has 4 nitrogen and oxygen atoms in total. The lowest BCUT2D eigenvalue weighted by Crippen LogP contribution is -2.39. The van der Waals surface area contributed by atoms with Crippen molar-refractivity contribution in [1.82, 2.24) is 4.90 Å². The predicted molar refractivity (Wildman–Crippen MR) is 101 cm³/mol. The number of nitrogens with zero attached hydrogens (tertiary/aromatic N) is 1.